The lowest BCUT2D eigenvalue weighted by molar-refractivity contribution is 0.174. The Balaban J connectivity index is 1.40. The molecule has 1 aliphatic heterocycles. The lowest BCUT2D eigenvalue weighted by Gasteiger charge is -2.19. The summed E-state index contributed by atoms with van der Waals surface area (Å²) >= 11 is 0. The van der Waals surface area contributed by atoms with Crippen molar-refractivity contribution in [2.24, 2.45) is 0 Å². The van der Waals surface area contributed by atoms with Crippen LogP contribution in [0.2, 0.25) is 0 Å². The molecule has 2 heterocycles. The molecule has 0 spiro atoms. The summed E-state index contributed by atoms with van der Waals surface area (Å²) in [6.45, 7) is 8.18. The van der Waals surface area contributed by atoms with Crippen molar-refractivity contribution in [1.82, 2.24) is 20.4 Å². The Labute approximate surface area is 176 Å². The number of rotatable bonds is 5. The predicted molar refractivity (Wildman–Crippen MR) is 114 cm³/mol. The number of urea groups is 1. The van der Waals surface area contributed by atoms with Gasteiger partial charge in [0, 0.05) is 11.3 Å². The van der Waals surface area contributed by atoms with Gasteiger partial charge in [-0.3, -0.25) is 0 Å². The lowest BCUT2D eigenvalue weighted by atomic mass is 10.1. The Morgan fingerprint density at radius 2 is 1.70 bits per heavy atom. The number of nitrogens with one attached hydrogen (secondary N) is 2. The molecule has 0 saturated carbocycles. The van der Waals surface area contributed by atoms with Crippen molar-refractivity contribution in [2.45, 2.75) is 39.8 Å². The highest BCUT2D eigenvalue weighted by molar-refractivity contribution is 5.75. The first-order chi connectivity index (χ1) is 14.4. The maximum Gasteiger partial charge on any atom is 0.315 e. The zero-order valence-corrected chi connectivity index (χ0v) is 17.6. The monoisotopic (exact) mass is 406 g/mol. The number of aryl methyl sites for hydroxylation is 1. The molecule has 2 amide bonds. The summed E-state index contributed by atoms with van der Waals surface area (Å²) in [5.74, 6) is 1.43. The molecule has 3 aromatic rings. The first kappa shape index (κ1) is 19.8. The SMILES string of the molecule is Cc1ccc(-n2ncc(C(C)NC(=O)NC(C)c3ccc4c(c3)OCO4)c2C)cc1. The minimum atomic E-state index is -0.241. The van der Waals surface area contributed by atoms with Gasteiger partial charge in [0.1, 0.15) is 0 Å². The van der Waals surface area contributed by atoms with Gasteiger partial charge in [-0.2, -0.15) is 5.10 Å². The fourth-order valence-corrected chi connectivity index (χ4v) is 3.57. The normalized spacial score (nSPS) is 14.3. The zero-order valence-electron chi connectivity index (χ0n) is 17.6. The first-order valence-corrected chi connectivity index (χ1v) is 10.0. The van der Waals surface area contributed by atoms with E-state index in [2.05, 4.69) is 34.8 Å². The number of hydrogen-bond donors (Lipinski definition) is 2. The highest BCUT2D eigenvalue weighted by Gasteiger charge is 2.19. The third-order valence-electron chi connectivity index (χ3n) is 5.38. The molecule has 1 aromatic heterocycles. The van der Waals surface area contributed by atoms with Crippen molar-refractivity contribution in [3.05, 3.63) is 71.0 Å². The topological polar surface area (TPSA) is 77.4 Å². The number of ether oxygens (including phenoxy) is 2. The molecule has 7 nitrogen and oxygen atoms in total. The number of fused-ring (bicyclic) bond motifs is 1. The average molecular weight is 406 g/mol. The van der Waals surface area contributed by atoms with Crippen molar-refractivity contribution in [1.29, 1.82) is 0 Å². The van der Waals surface area contributed by atoms with Gasteiger partial charge in [-0.15, -0.1) is 0 Å². The number of aromatic nitrogens is 2. The van der Waals surface area contributed by atoms with Crippen LogP contribution in [0.15, 0.2) is 48.7 Å². The van der Waals surface area contributed by atoms with Crippen LogP contribution in [0, 0.1) is 13.8 Å². The smallest absolute Gasteiger partial charge is 0.315 e. The van der Waals surface area contributed by atoms with E-state index in [4.69, 9.17) is 9.47 Å². The summed E-state index contributed by atoms with van der Waals surface area (Å²) < 4.78 is 12.6. The largest absolute Gasteiger partial charge is 0.454 e. The Morgan fingerprint density at radius 1 is 1.00 bits per heavy atom. The quantitative estimate of drug-likeness (QED) is 0.661. The number of nitrogens with zero attached hydrogens (tertiary/aromatic N) is 2. The van der Waals surface area contributed by atoms with Crippen LogP contribution < -0.4 is 20.1 Å². The van der Waals surface area contributed by atoms with Gasteiger partial charge in [0.2, 0.25) is 6.79 Å². The molecule has 0 radical (unpaired) electrons. The lowest BCUT2D eigenvalue weighted by Crippen LogP contribution is -2.38. The molecule has 2 unspecified atom stereocenters. The van der Waals surface area contributed by atoms with Crippen molar-refractivity contribution >= 4 is 6.03 Å². The predicted octanol–water partition coefficient (Wildman–Crippen LogP) is 4.34. The summed E-state index contributed by atoms with van der Waals surface area (Å²) in [5.41, 5.74) is 5.12. The fourth-order valence-electron chi connectivity index (χ4n) is 3.57. The van der Waals surface area contributed by atoms with Crippen LogP contribution in [-0.2, 0) is 0 Å². The van der Waals surface area contributed by atoms with E-state index in [9.17, 15) is 4.79 Å². The molecule has 2 atom stereocenters. The van der Waals surface area contributed by atoms with Gasteiger partial charge in [0.15, 0.2) is 11.5 Å². The van der Waals surface area contributed by atoms with Gasteiger partial charge in [-0.25, -0.2) is 9.48 Å². The summed E-state index contributed by atoms with van der Waals surface area (Å²) in [6.07, 6.45) is 1.81. The number of carbonyl (C=O) groups is 1. The molecule has 0 bridgehead atoms. The molecule has 0 aliphatic carbocycles. The summed E-state index contributed by atoms with van der Waals surface area (Å²) in [4.78, 5) is 12.6. The van der Waals surface area contributed by atoms with Crippen LogP contribution in [0.25, 0.3) is 5.69 Å². The molecule has 0 fully saturated rings. The van der Waals surface area contributed by atoms with Crippen molar-refractivity contribution in [2.75, 3.05) is 6.79 Å². The van der Waals surface area contributed by atoms with Crippen molar-refractivity contribution < 1.29 is 14.3 Å². The molecule has 30 heavy (non-hydrogen) atoms. The van der Waals surface area contributed by atoms with Crippen LogP contribution in [-0.4, -0.2) is 22.6 Å². The maximum atomic E-state index is 12.6. The minimum Gasteiger partial charge on any atom is -0.454 e. The standard InChI is InChI=1S/C23H26N4O3/c1-14-5-8-19(9-6-14)27-17(4)20(12-24-27)16(3)26-23(28)25-15(2)18-7-10-21-22(11-18)30-13-29-21/h5-12,15-16H,13H2,1-4H3,(H2,25,26,28). The highest BCUT2D eigenvalue weighted by atomic mass is 16.7. The number of benzene rings is 2. The van der Waals surface area contributed by atoms with Crippen LogP contribution in [0.5, 0.6) is 11.5 Å². The molecule has 4 rings (SSSR count). The Kier molecular flexibility index (Phi) is 5.35. The molecule has 2 N–H and O–H groups in total. The van der Waals surface area contributed by atoms with E-state index in [1.807, 2.05) is 55.8 Å². The molecule has 2 aromatic carbocycles. The average Bonchev–Trinajstić information content (AvgIpc) is 3.34. The molecular formula is C23H26N4O3. The van der Waals surface area contributed by atoms with Crippen molar-refractivity contribution in [3.8, 4) is 17.2 Å². The van der Waals surface area contributed by atoms with Gasteiger partial charge in [-0.05, 0) is 57.5 Å². The van der Waals surface area contributed by atoms with Crippen LogP contribution >= 0.6 is 0 Å². The van der Waals surface area contributed by atoms with E-state index in [1.54, 1.807) is 6.20 Å². The Morgan fingerprint density at radius 3 is 2.47 bits per heavy atom. The summed E-state index contributed by atoms with van der Waals surface area (Å²) in [5, 5.41) is 10.5. The maximum absolute atomic E-state index is 12.6. The summed E-state index contributed by atoms with van der Waals surface area (Å²) in [7, 11) is 0. The van der Waals surface area contributed by atoms with Gasteiger partial charge >= 0.3 is 6.03 Å². The van der Waals surface area contributed by atoms with Gasteiger partial charge in [0.05, 0.1) is 24.0 Å². The highest BCUT2D eigenvalue weighted by Crippen LogP contribution is 2.34. The van der Waals surface area contributed by atoms with Crippen molar-refractivity contribution in [3.63, 3.8) is 0 Å². The van der Waals surface area contributed by atoms with E-state index >= 15 is 0 Å². The second-order valence-corrected chi connectivity index (χ2v) is 7.61. The number of amides is 2. The van der Waals surface area contributed by atoms with E-state index in [-0.39, 0.29) is 24.9 Å². The molecule has 7 heteroatoms. The van der Waals surface area contributed by atoms with E-state index in [0.29, 0.717) is 5.75 Å². The molecule has 1 aliphatic rings. The second-order valence-electron chi connectivity index (χ2n) is 7.61. The van der Waals surface area contributed by atoms with Gasteiger partial charge < -0.3 is 20.1 Å². The second kappa shape index (κ2) is 8.10. The van der Waals surface area contributed by atoms with Gasteiger partial charge in [0.25, 0.3) is 0 Å². The molecular weight excluding hydrogens is 380 g/mol. The van der Waals surface area contributed by atoms with Crippen LogP contribution in [0.3, 0.4) is 0 Å². The van der Waals surface area contributed by atoms with Crippen LogP contribution in [0.1, 0.15) is 48.3 Å². The number of carbonyl (C=O) groups excluding carboxylic acids is 1. The third kappa shape index (κ3) is 3.96. The van der Waals surface area contributed by atoms with E-state index in [1.165, 1.54) is 5.56 Å². The number of hydrogen-bond acceptors (Lipinski definition) is 4. The zero-order chi connectivity index (χ0) is 21.3. The van der Waals surface area contributed by atoms with E-state index in [0.717, 1.165) is 28.3 Å². The third-order valence-corrected chi connectivity index (χ3v) is 5.38. The Hall–Kier alpha value is -3.48. The minimum absolute atomic E-state index is 0.178. The molecule has 156 valence electrons. The Bertz CT molecular complexity index is 1060. The molecule has 0 saturated heterocycles. The fraction of sp³-hybridized carbons (Fsp3) is 0.304. The van der Waals surface area contributed by atoms with Gasteiger partial charge in [-0.1, -0.05) is 23.8 Å². The van der Waals surface area contributed by atoms with E-state index < -0.39 is 0 Å². The summed E-state index contributed by atoms with van der Waals surface area (Å²) in [6, 6.07) is 13.3. The van der Waals surface area contributed by atoms with Crippen LogP contribution in [0.4, 0.5) is 4.79 Å². The first-order valence-electron chi connectivity index (χ1n) is 10.0.